The summed E-state index contributed by atoms with van der Waals surface area (Å²) in [5, 5.41) is 3.66. The fourth-order valence-electron chi connectivity index (χ4n) is 2.99. The van der Waals surface area contributed by atoms with Crippen molar-refractivity contribution < 1.29 is 0 Å². The van der Waals surface area contributed by atoms with Crippen LogP contribution in [0.3, 0.4) is 0 Å². The smallest absolute Gasteiger partial charge is 0.0701 e. The van der Waals surface area contributed by atoms with Gasteiger partial charge in [-0.05, 0) is 66.2 Å². The van der Waals surface area contributed by atoms with Crippen LogP contribution < -0.4 is 5.32 Å². The third-order valence-electron chi connectivity index (χ3n) is 4.07. The minimum atomic E-state index is 0.488. The number of hydrogen-bond donors (Lipinski definition) is 1. The molecule has 18 heavy (non-hydrogen) atoms. The van der Waals surface area contributed by atoms with E-state index in [0.29, 0.717) is 6.04 Å². The Labute approximate surface area is 123 Å². The molecule has 0 bridgehead atoms. The molecule has 3 atom stereocenters. The zero-order valence-electron chi connectivity index (χ0n) is 11.4. The Balaban J connectivity index is 1.68. The molecule has 0 radical (unpaired) electrons. The summed E-state index contributed by atoms with van der Waals surface area (Å²) < 4.78 is 1.23. The van der Waals surface area contributed by atoms with Crippen molar-refractivity contribution in [3.63, 3.8) is 0 Å². The fraction of sp³-hybridized carbons (Fsp3) is 0.733. The summed E-state index contributed by atoms with van der Waals surface area (Å²) in [5.74, 6) is 1.91. The van der Waals surface area contributed by atoms with E-state index in [4.69, 9.17) is 0 Å². The maximum Gasteiger partial charge on any atom is 0.0701 e. The summed E-state index contributed by atoms with van der Waals surface area (Å²) in [6.07, 6.45) is 7.13. The average molecular weight is 330 g/mol. The van der Waals surface area contributed by atoms with Crippen molar-refractivity contribution in [1.82, 2.24) is 5.32 Å². The van der Waals surface area contributed by atoms with Crippen LogP contribution in [0.5, 0.6) is 0 Å². The van der Waals surface area contributed by atoms with Gasteiger partial charge < -0.3 is 5.32 Å². The molecular weight excluding hydrogens is 306 g/mol. The summed E-state index contributed by atoms with van der Waals surface area (Å²) in [7, 11) is 0. The Bertz CT molecular complexity index is 363. The number of rotatable bonds is 5. The number of halogens is 1. The topological polar surface area (TPSA) is 12.0 Å². The van der Waals surface area contributed by atoms with Crippen molar-refractivity contribution in [3.8, 4) is 0 Å². The lowest BCUT2D eigenvalue weighted by atomic mass is 9.81. The average Bonchev–Trinajstić information content (AvgIpc) is 2.76. The van der Waals surface area contributed by atoms with Crippen molar-refractivity contribution in [2.75, 3.05) is 6.54 Å². The van der Waals surface area contributed by atoms with Crippen molar-refractivity contribution in [2.24, 2.45) is 11.8 Å². The van der Waals surface area contributed by atoms with E-state index >= 15 is 0 Å². The highest BCUT2D eigenvalue weighted by Crippen LogP contribution is 2.31. The van der Waals surface area contributed by atoms with E-state index in [0.717, 1.165) is 18.4 Å². The van der Waals surface area contributed by atoms with Gasteiger partial charge in [0, 0.05) is 10.9 Å². The lowest BCUT2D eigenvalue weighted by Crippen LogP contribution is -2.23. The third kappa shape index (κ3) is 4.36. The van der Waals surface area contributed by atoms with Crippen molar-refractivity contribution in [2.45, 2.75) is 52.0 Å². The number of thiophene rings is 1. The van der Waals surface area contributed by atoms with E-state index in [1.807, 2.05) is 11.3 Å². The van der Waals surface area contributed by atoms with Crippen LogP contribution in [-0.4, -0.2) is 6.54 Å². The van der Waals surface area contributed by atoms with Gasteiger partial charge in [0.15, 0.2) is 0 Å². The molecule has 1 nitrogen and oxygen atoms in total. The Morgan fingerprint density at radius 3 is 2.94 bits per heavy atom. The second-order valence-electron chi connectivity index (χ2n) is 5.74. The van der Waals surface area contributed by atoms with Crippen LogP contribution in [0, 0.1) is 11.8 Å². The lowest BCUT2D eigenvalue weighted by molar-refractivity contribution is 0.266. The molecule has 3 unspecified atom stereocenters. The molecule has 0 amide bonds. The summed E-state index contributed by atoms with van der Waals surface area (Å²) in [5.41, 5.74) is 0. The molecule has 1 fully saturated rings. The van der Waals surface area contributed by atoms with Crippen LogP contribution in [0.25, 0.3) is 0 Å². The second kappa shape index (κ2) is 7.06. The molecule has 1 N–H and O–H groups in total. The Morgan fingerprint density at radius 2 is 2.28 bits per heavy atom. The van der Waals surface area contributed by atoms with Crippen molar-refractivity contribution in [3.05, 3.63) is 20.8 Å². The van der Waals surface area contributed by atoms with Crippen LogP contribution >= 0.6 is 27.3 Å². The van der Waals surface area contributed by atoms with Crippen LogP contribution in [0.2, 0.25) is 0 Å². The highest BCUT2D eigenvalue weighted by atomic mass is 79.9. The molecule has 0 aromatic carbocycles. The summed E-state index contributed by atoms with van der Waals surface area (Å²) >= 11 is 5.36. The highest BCUT2D eigenvalue weighted by molar-refractivity contribution is 9.11. The molecule has 102 valence electrons. The highest BCUT2D eigenvalue weighted by Gasteiger charge is 2.18. The van der Waals surface area contributed by atoms with Gasteiger partial charge in [0.1, 0.15) is 0 Å². The molecule has 1 aliphatic rings. The first-order valence-corrected chi connectivity index (χ1v) is 8.74. The molecule has 0 saturated heterocycles. The molecule has 1 aromatic rings. The van der Waals surface area contributed by atoms with E-state index in [-0.39, 0.29) is 0 Å². The zero-order chi connectivity index (χ0) is 13.0. The Hall–Kier alpha value is 0.140. The Kier molecular flexibility index (Phi) is 5.71. The normalized spacial score (nSPS) is 26.2. The van der Waals surface area contributed by atoms with Gasteiger partial charge in [-0.15, -0.1) is 11.3 Å². The van der Waals surface area contributed by atoms with Gasteiger partial charge in [0.05, 0.1) is 3.79 Å². The predicted octanol–water partition coefficient (Wildman–Crippen LogP) is 5.38. The molecule has 1 heterocycles. The molecule has 3 heteroatoms. The molecule has 0 spiro atoms. The third-order valence-corrected chi connectivity index (χ3v) is 5.88. The Morgan fingerprint density at radius 1 is 1.44 bits per heavy atom. The van der Waals surface area contributed by atoms with Gasteiger partial charge in [-0.25, -0.2) is 0 Å². The van der Waals surface area contributed by atoms with E-state index in [2.05, 4.69) is 47.2 Å². The number of hydrogen-bond acceptors (Lipinski definition) is 2. The number of nitrogens with one attached hydrogen (secondary N) is 1. The summed E-state index contributed by atoms with van der Waals surface area (Å²) in [6.45, 7) is 5.83. The van der Waals surface area contributed by atoms with E-state index in [9.17, 15) is 0 Å². The fourth-order valence-corrected chi connectivity index (χ4v) is 4.44. The van der Waals surface area contributed by atoms with Gasteiger partial charge >= 0.3 is 0 Å². The van der Waals surface area contributed by atoms with Gasteiger partial charge in [0.25, 0.3) is 0 Å². The molecular formula is C15H24BrNS. The maximum atomic E-state index is 3.66. The first kappa shape index (κ1) is 14.5. The quantitative estimate of drug-likeness (QED) is 0.764. The van der Waals surface area contributed by atoms with Crippen LogP contribution in [-0.2, 0) is 0 Å². The lowest BCUT2D eigenvalue weighted by Gasteiger charge is -2.27. The predicted molar refractivity (Wildman–Crippen MR) is 84.2 cm³/mol. The first-order valence-electron chi connectivity index (χ1n) is 7.13. The molecule has 1 saturated carbocycles. The monoisotopic (exact) mass is 329 g/mol. The standard InChI is InChI=1S/C15H24BrNS/c1-11-4-3-5-13(10-11)8-9-17-12(2)14-6-7-15(16)18-14/h6-7,11-13,17H,3-5,8-10H2,1-2H3. The molecule has 1 aromatic heterocycles. The van der Waals surface area contributed by atoms with E-state index in [1.54, 1.807) is 0 Å². The van der Waals surface area contributed by atoms with Gasteiger partial charge in [-0.2, -0.15) is 0 Å². The van der Waals surface area contributed by atoms with Crippen LogP contribution in [0.15, 0.2) is 15.9 Å². The molecule has 0 aliphatic heterocycles. The SMILES string of the molecule is CC1CCCC(CCNC(C)c2ccc(Br)s2)C1. The minimum Gasteiger partial charge on any atom is -0.309 e. The van der Waals surface area contributed by atoms with E-state index in [1.165, 1.54) is 40.8 Å². The largest absolute Gasteiger partial charge is 0.309 e. The van der Waals surface area contributed by atoms with Gasteiger partial charge in [-0.1, -0.05) is 26.2 Å². The van der Waals surface area contributed by atoms with Crippen LogP contribution in [0.1, 0.15) is 56.9 Å². The van der Waals surface area contributed by atoms with E-state index < -0.39 is 0 Å². The van der Waals surface area contributed by atoms with Crippen LogP contribution in [0.4, 0.5) is 0 Å². The summed E-state index contributed by atoms with van der Waals surface area (Å²) in [4.78, 5) is 1.43. The van der Waals surface area contributed by atoms with Gasteiger partial charge in [-0.3, -0.25) is 0 Å². The summed E-state index contributed by atoms with van der Waals surface area (Å²) in [6, 6.07) is 4.85. The zero-order valence-corrected chi connectivity index (χ0v) is 13.8. The maximum absolute atomic E-state index is 3.66. The minimum absolute atomic E-state index is 0.488. The molecule has 2 rings (SSSR count). The van der Waals surface area contributed by atoms with Crippen molar-refractivity contribution in [1.29, 1.82) is 0 Å². The van der Waals surface area contributed by atoms with Crippen molar-refractivity contribution >= 4 is 27.3 Å². The van der Waals surface area contributed by atoms with Gasteiger partial charge in [0.2, 0.25) is 0 Å². The second-order valence-corrected chi connectivity index (χ2v) is 8.24. The first-order chi connectivity index (χ1) is 8.65. The molecule has 1 aliphatic carbocycles.